The Morgan fingerprint density at radius 1 is 0.525 bits per heavy atom. The minimum absolute atomic E-state index is 0.0794. The standard InChI is InChI=1S/C50H88NO7P/c1-6-8-10-12-14-16-18-20-22-24-25-26-27-28-29-31-33-35-37-39-41-43-50(52)58-49(48-57-59(53,54)56-46-44-51(3,4)5)47-55-45-42-40-38-36-34-32-30-23-21-19-17-15-13-11-9-7-2/h8-11,14-17,20-23,25-26,49H,6-7,12-13,18-19,24,27-48H2,1-5H3/p+1/b10-8-,11-9-,16-14-,17-15-,22-20-,23-21-,26-25-. The molecule has 0 spiro atoms. The number of carbonyl (C=O) groups excluding carboxylic acids is 1. The van der Waals surface area contributed by atoms with Crippen molar-refractivity contribution in [3.05, 3.63) is 85.1 Å². The molecule has 0 fully saturated rings. The normalized spacial score (nSPS) is 14.5. The van der Waals surface area contributed by atoms with Crippen LogP contribution in [-0.2, 0) is 27.9 Å². The molecule has 1 N–H and O–H groups in total. The Morgan fingerprint density at radius 2 is 0.932 bits per heavy atom. The predicted molar refractivity (Wildman–Crippen MR) is 251 cm³/mol. The van der Waals surface area contributed by atoms with Gasteiger partial charge in [0.2, 0.25) is 0 Å². The van der Waals surface area contributed by atoms with Crippen LogP contribution in [0.5, 0.6) is 0 Å². The molecule has 59 heavy (non-hydrogen) atoms. The van der Waals surface area contributed by atoms with Gasteiger partial charge in [0.05, 0.1) is 34.4 Å². The van der Waals surface area contributed by atoms with Gasteiger partial charge in [0, 0.05) is 13.0 Å². The summed E-state index contributed by atoms with van der Waals surface area (Å²) in [4.78, 5) is 22.9. The molecule has 0 amide bonds. The van der Waals surface area contributed by atoms with Crippen molar-refractivity contribution < 1.29 is 37.3 Å². The third kappa shape index (κ3) is 46.6. The van der Waals surface area contributed by atoms with Crippen LogP contribution in [0.15, 0.2) is 85.1 Å². The summed E-state index contributed by atoms with van der Waals surface area (Å²) in [5, 5.41) is 0. The maximum atomic E-state index is 12.7. The molecule has 0 saturated heterocycles. The molecule has 0 bridgehead atoms. The van der Waals surface area contributed by atoms with E-state index in [2.05, 4.69) is 98.9 Å². The Labute approximate surface area is 363 Å². The van der Waals surface area contributed by atoms with Crippen molar-refractivity contribution in [2.75, 3.05) is 54.1 Å². The Balaban J connectivity index is 4.24. The van der Waals surface area contributed by atoms with Crippen molar-refractivity contribution in [1.29, 1.82) is 0 Å². The molecular formula is C50H89NO7P+. The van der Waals surface area contributed by atoms with Crippen molar-refractivity contribution in [2.24, 2.45) is 0 Å². The van der Waals surface area contributed by atoms with Crippen molar-refractivity contribution in [2.45, 2.75) is 174 Å². The van der Waals surface area contributed by atoms with Crippen molar-refractivity contribution >= 4 is 13.8 Å². The van der Waals surface area contributed by atoms with Crippen LogP contribution in [0.3, 0.4) is 0 Å². The van der Waals surface area contributed by atoms with E-state index in [9.17, 15) is 14.3 Å². The topological polar surface area (TPSA) is 91.3 Å². The molecule has 2 atom stereocenters. The van der Waals surface area contributed by atoms with Gasteiger partial charge >= 0.3 is 13.8 Å². The second kappa shape index (κ2) is 42.4. The summed E-state index contributed by atoms with van der Waals surface area (Å²) >= 11 is 0. The summed E-state index contributed by atoms with van der Waals surface area (Å²) < 4.78 is 35.0. The highest BCUT2D eigenvalue weighted by atomic mass is 31.2. The Bertz CT molecular complexity index is 1210. The lowest BCUT2D eigenvalue weighted by atomic mass is 10.1. The number of allylic oxidation sites excluding steroid dienone is 14. The summed E-state index contributed by atoms with van der Waals surface area (Å²) in [7, 11) is 1.64. The van der Waals surface area contributed by atoms with E-state index < -0.39 is 13.9 Å². The maximum absolute atomic E-state index is 12.7. The summed E-state index contributed by atoms with van der Waals surface area (Å²) in [5.41, 5.74) is 0. The van der Waals surface area contributed by atoms with Gasteiger partial charge in [-0.15, -0.1) is 0 Å². The first-order valence-electron chi connectivity index (χ1n) is 23.3. The number of quaternary nitrogens is 1. The molecule has 0 aliphatic heterocycles. The highest BCUT2D eigenvalue weighted by Gasteiger charge is 2.26. The van der Waals surface area contributed by atoms with E-state index in [-0.39, 0.29) is 25.8 Å². The lowest BCUT2D eigenvalue weighted by Crippen LogP contribution is -2.37. The molecule has 0 heterocycles. The van der Waals surface area contributed by atoms with Gasteiger partial charge in [0.15, 0.2) is 0 Å². The highest BCUT2D eigenvalue weighted by molar-refractivity contribution is 7.47. The summed E-state index contributed by atoms with van der Waals surface area (Å²) in [6.45, 7) is 5.34. The number of esters is 1. The second-order valence-electron chi connectivity index (χ2n) is 16.4. The molecule has 0 aliphatic carbocycles. The van der Waals surface area contributed by atoms with Gasteiger partial charge in [0.1, 0.15) is 19.3 Å². The average Bonchev–Trinajstić information content (AvgIpc) is 3.19. The molecule has 0 rings (SSSR count). The number of ether oxygens (including phenoxy) is 2. The molecule has 340 valence electrons. The highest BCUT2D eigenvalue weighted by Crippen LogP contribution is 2.43. The number of unbranched alkanes of at least 4 members (excludes halogenated alkanes) is 14. The first-order chi connectivity index (χ1) is 28.6. The van der Waals surface area contributed by atoms with Crippen LogP contribution in [0.2, 0.25) is 0 Å². The first kappa shape index (κ1) is 56.7. The molecule has 9 heteroatoms. The van der Waals surface area contributed by atoms with Gasteiger partial charge in [-0.1, -0.05) is 163 Å². The number of phosphoric ester groups is 1. The van der Waals surface area contributed by atoms with E-state index in [4.69, 9.17) is 18.5 Å². The number of carbonyl (C=O) groups is 1. The van der Waals surface area contributed by atoms with Gasteiger partial charge in [-0.3, -0.25) is 13.8 Å². The zero-order valence-electron chi connectivity index (χ0n) is 38.5. The van der Waals surface area contributed by atoms with Crippen molar-refractivity contribution in [3.63, 3.8) is 0 Å². The first-order valence-corrected chi connectivity index (χ1v) is 24.8. The Hall–Kier alpha value is -2.32. The number of phosphoric acid groups is 1. The molecule has 2 unspecified atom stereocenters. The Kier molecular flexibility index (Phi) is 40.7. The van der Waals surface area contributed by atoms with Crippen LogP contribution in [0.1, 0.15) is 168 Å². The fourth-order valence-electron chi connectivity index (χ4n) is 5.91. The van der Waals surface area contributed by atoms with Gasteiger partial charge in [-0.25, -0.2) is 4.57 Å². The van der Waals surface area contributed by atoms with Gasteiger partial charge in [-0.2, -0.15) is 0 Å². The van der Waals surface area contributed by atoms with Crippen molar-refractivity contribution in [3.8, 4) is 0 Å². The molecule has 0 aliphatic rings. The molecular weight excluding hydrogens is 758 g/mol. The second-order valence-corrected chi connectivity index (χ2v) is 17.8. The summed E-state index contributed by atoms with van der Waals surface area (Å²) in [6.07, 6.45) is 56.2. The molecule has 8 nitrogen and oxygen atoms in total. The molecule has 0 aromatic heterocycles. The number of hydrogen-bond acceptors (Lipinski definition) is 6. The maximum Gasteiger partial charge on any atom is 0.472 e. The third-order valence-electron chi connectivity index (χ3n) is 9.45. The van der Waals surface area contributed by atoms with E-state index in [0.717, 1.165) is 96.3 Å². The number of hydrogen-bond donors (Lipinski definition) is 1. The summed E-state index contributed by atoms with van der Waals surface area (Å²) in [6, 6.07) is 0. The van der Waals surface area contributed by atoms with Crippen LogP contribution in [0.4, 0.5) is 0 Å². The smallest absolute Gasteiger partial charge is 0.457 e. The van der Waals surface area contributed by atoms with Crippen LogP contribution in [0, 0.1) is 0 Å². The SMILES string of the molecule is CC/C=C\C/C=C\C/C=C\C/C=C\CCCCCCCCCCC(=O)OC(COCCCCCCCC/C=C\C/C=C\C/C=C\CC)COP(=O)(O)OCC[N+](C)(C)C. The van der Waals surface area contributed by atoms with Crippen molar-refractivity contribution in [1.82, 2.24) is 0 Å². The fourth-order valence-corrected chi connectivity index (χ4v) is 6.65. The minimum Gasteiger partial charge on any atom is -0.457 e. The van der Waals surface area contributed by atoms with Gasteiger partial charge < -0.3 is 18.9 Å². The zero-order valence-corrected chi connectivity index (χ0v) is 39.4. The monoisotopic (exact) mass is 847 g/mol. The summed E-state index contributed by atoms with van der Waals surface area (Å²) in [5.74, 6) is -0.331. The number of rotatable bonds is 42. The van der Waals surface area contributed by atoms with E-state index >= 15 is 0 Å². The van der Waals surface area contributed by atoms with E-state index in [1.165, 1.54) is 51.4 Å². The van der Waals surface area contributed by atoms with Gasteiger partial charge in [-0.05, 0) is 83.5 Å². The van der Waals surface area contributed by atoms with Crippen LogP contribution in [-0.4, -0.2) is 75.6 Å². The fraction of sp³-hybridized carbons (Fsp3) is 0.700. The van der Waals surface area contributed by atoms with E-state index in [0.29, 0.717) is 24.1 Å². The number of nitrogens with zero attached hydrogens (tertiary/aromatic N) is 1. The minimum atomic E-state index is -4.29. The average molecular weight is 847 g/mol. The lowest BCUT2D eigenvalue weighted by Gasteiger charge is -2.24. The third-order valence-corrected chi connectivity index (χ3v) is 10.4. The van der Waals surface area contributed by atoms with Crippen LogP contribution < -0.4 is 0 Å². The zero-order chi connectivity index (χ0) is 43.4. The molecule has 0 saturated carbocycles. The largest absolute Gasteiger partial charge is 0.472 e. The van der Waals surface area contributed by atoms with E-state index in [1.54, 1.807) is 0 Å². The predicted octanol–water partition coefficient (Wildman–Crippen LogP) is 14.1. The van der Waals surface area contributed by atoms with Crippen LogP contribution >= 0.6 is 7.82 Å². The van der Waals surface area contributed by atoms with Gasteiger partial charge in [0.25, 0.3) is 0 Å². The lowest BCUT2D eigenvalue weighted by molar-refractivity contribution is -0.870. The molecule has 0 radical (unpaired) electrons. The molecule has 0 aromatic rings. The molecule has 0 aromatic carbocycles. The Morgan fingerprint density at radius 3 is 1.39 bits per heavy atom. The van der Waals surface area contributed by atoms with E-state index in [1.807, 2.05) is 21.1 Å². The quantitative estimate of drug-likeness (QED) is 0.0215. The van der Waals surface area contributed by atoms with Crippen LogP contribution in [0.25, 0.3) is 0 Å². The number of likely N-dealkylation sites (N-methyl/N-ethyl adjacent to an activating group) is 1.